The van der Waals surface area contributed by atoms with Crippen LogP contribution in [0.4, 0.5) is 5.69 Å². The molecule has 3 aliphatic heterocycles. The van der Waals surface area contributed by atoms with Gasteiger partial charge >= 0.3 is 11.9 Å². The molecule has 0 radical (unpaired) electrons. The van der Waals surface area contributed by atoms with Crippen LogP contribution in [0.3, 0.4) is 0 Å². The molecule has 3 aliphatic rings. The topological polar surface area (TPSA) is 95.6 Å². The molecule has 2 aromatic rings. The Morgan fingerprint density at radius 2 is 1.88 bits per heavy atom. The number of carbonyl (C=O) groups excluding carboxylic acids is 2. The van der Waals surface area contributed by atoms with Crippen molar-refractivity contribution in [1.29, 1.82) is 0 Å². The summed E-state index contributed by atoms with van der Waals surface area (Å²) in [4.78, 5) is 28.4. The maximum atomic E-state index is 13.0. The second kappa shape index (κ2) is 12.4. The molecule has 0 bridgehead atoms. The van der Waals surface area contributed by atoms with Gasteiger partial charge in [0.05, 0.1) is 44.3 Å². The zero-order valence-electron chi connectivity index (χ0n) is 25.2. The third kappa shape index (κ3) is 5.13. The van der Waals surface area contributed by atoms with Crippen LogP contribution in [0.2, 0.25) is 0 Å². The van der Waals surface area contributed by atoms with E-state index in [0.717, 1.165) is 36.3 Å². The third-order valence-electron chi connectivity index (χ3n) is 9.53. The normalized spacial score (nSPS) is 28.5. The van der Waals surface area contributed by atoms with Crippen LogP contribution < -0.4 is 10.1 Å². The van der Waals surface area contributed by atoms with Crippen molar-refractivity contribution in [1.82, 2.24) is 4.90 Å². The van der Waals surface area contributed by atoms with E-state index in [4.69, 9.17) is 23.7 Å². The zero-order chi connectivity index (χ0) is 29.9. The minimum Gasteiger partial charge on any atom is -0.504 e. The molecule has 2 aromatic carbocycles. The molecule has 5 rings (SSSR count). The van der Waals surface area contributed by atoms with E-state index in [1.807, 2.05) is 48.5 Å². The van der Waals surface area contributed by atoms with Crippen LogP contribution in [-0.4, -0.2) is 69.4 Å². The van der Waals surface area contributed by atoms with Crippen molar-refractivity contribution in [2.24, 2.45) is 11.8 Å². The highest BCUT2D eigenvalue weighted by atomic mass is 16.6. The maximum absolute atomic E-state index is 13.0. The number of carbonyl (C=O) groups is 2. The number of hydrogen-bond acceptors (Lipinski definition) is 9. The zero-order valence-corrected chi connectivity index (χ0v) is 25.2. The average molecular weight is 579 g/mol. The minimum absolute atomic E-state index is 0.0265. The predicted octanol–water partition coefficient (Wildman–Crippen LogP) is 4.66. The van der Waals surface area contributed by atoms with Gasteiger partial charge in [0.25, 0.3) is 0 Å². The van der Waals surface area contributed by atoms with Gasteiger partial charge < -0.3 is 29.0 Å². The van der Waals surface area contributed by atoms with Crippen LogP contribution in [-0.2, 0) is 40.7 Å². The Morgan fingerprint density at radius 3 is 2.57 bits per heavy atom. The van der Waals surface area contributed by atoms with Crippen LogP contribution >= 0.6 is 0 Å². The van der Waals surface area contributed by atoms with Gasteiger partial charge in [0.1, 0.15) is 24.6 Å². The largest absolute Gasteiger partial charge is 0.504 e. The summed E-state index contributed by atoms with van der Waals surface area (Å²) >= 11 is 0. The van der Waals surface area contributed by atoms with E-state index in [1.165, 1.54) is 13.4 Å². The first-order valence-electron chi connectivity index (χ1n) is 14.7. The molecule has 0 aliphatic carbocycles. The van der Waals surface area contributed by atoms with Crippen molar-refractivity contribution in [2.45, 2.75) is 56.9 Å². The lowest BCUT2D eigenvalue weighted by Crippen LogP contribution is -2.71. The number of rotatable bonds is 10. The first-order chi connectivity index (χ1) is 20.3. The molecule has 1 N–H and O–H groups in total. The molecular formula is C33H42N2O7. The summed E-state index contributed by atoms with van der Waals surface area (Å²) < 4.78 is 28.7. The molecule has 0 amide bonds. The second-order valence-corrected chi connectivity index (χ2v) is 11.5. The fourth-order valence-electron chi connectivity index (χ4n) is 7.47. The Morgan fingerprint density at radius 1 is 1.10 bits per heavy atom. The van der Waals surface area contributed by atoms with Crippen molar-refractivity contribution in [3.63, 3.8) is 0 Å². The number of benzene rings is 2. The van der Waals surface area contributed by atoms with Crippen LogP contribution in [0.5, 0.6) is 5.75 Å². The van der Waals surface area contributed by atoms with E-state index < -0.39 is 17.1 Å². The first kappa shape index (κ1) is 29.9. The highest BCUT2D eigenvalue weighted by Crippen LogP contribution is 2.60. The van der Waals surface area contributed by atoms with Gasteiger partial charge in [-0.15, -0.1) is 0 Å². The molecule has 2 fully saturated rings. The Balaban J connectivity index is 1.48. The Labute approximate surface area is 248 Å². The molecule has 42 heavy (non-hydrogen) atoms. The molecule has 0 spiro atoms. The number of nitrogens with zero attached hydrogens (tertiary/aromatic N) is 1. The summed E-state index contributed by atoms with van der Waals surface area (Å²) in [6.07, 6.45) is 3.79. The monoisotopic (exact) mass is 578 g/mol. The quantitative estimate of drug-likeness (QED) is 0.245. The molecule has 0 unspecified atom stereocenters. The predicted molar refractivity (Wildman–Crippen MR) is 158 cm³/mol. The highest BCUT2D eigenvalue weighted by Gasteiger charge is 2.66. The molecule has 3 heterocycles. The number of methoxy groups -OCH3 is 3. The summed E-state index contributed by atoms with van der Waals surface area (Å²) in [5.74, 6) is 0.0976. The summed E-state index contributed by atoms with van der Waals surface area (Å²) in [5.41, 5.74) is 1.78. The first-order valence-corrected chi connectivity index (χ1v) is 14.7. The number of esters is 2. The molecular weight excluding hydrogens is 536 g/mol. The van der Waals surface area contributed by atoms with E-state index >= 15 is 0 Å². The number of hydrogen-bond donors (Lipinski definition) is 1. The van der Waals surface area contributed by atoms with Gasteiger partial charge in [-0.25, -0.2) is 9.59 Å². The van der Waals surface area contributed by atoms with Crippen LogP contribution in [0, 0.1) is 11.8 Å². The van der Waals surface area contributed by atoms with Crippen LogP contribution in [0.15, 0.2) is 60.4 Å². The fraction of sp³-hybridized carbons (Fsp3) is 0.515. The van der Waals surface area contributed by atoms with E-state index in [-0.39, 0.29) is 37.1 Å². The van der Waals surface area contributed by atoms with Crippen molar-refractivity contribution in [3.05, 3.63) is 71.5 Å². The number of nitrogens with one attached hydrogen (secondary N) is 1. The molecule has 5 atom stereocenters. The van der Waals surface area contributed by atoms with E-state index in [1.54, 1.807) is 14.2 Å². The van der Waals surface area contributed by atoms with E-state index in [9.17, 15) is 9.59 Å². The lowest BCUT2D eigenvalue weighted by molar-refractivity contribution is -0.180. The third-order valence-corrected chi connectivity index (χ3v) is 9.53. The maximum Gasteiger partial charge on any atom is 0.337 e. The van der Waals surface area contributed by atoms with E-state index in [0.29, 0.717) is 24.2 Å². The molecule has 0 aromatic heterocycles. The molecule has 0 saturated carbocycles. The Hall–Kier alpha value is -3.56. The highest BCUT2D eigenvalue weighted by molar-refractivity contribution is 5.88. The molecule has 226 valence electrons. The number of ether oxygens (including phenoxy) is 5. The number of anilines is 1. The summed E-state index contributed by atoms with van der Waals surface area (Å²) in [6, 6.07) is 15.5. The minimum atomic E-state index is -0.873. The van der Waals surface area contributed by atoms with Gasteiger partial charge in [-0.05, 0) is 49.3 Å². The summed E-state index contributed by atoms with van der Waals surface area (Å²) in [5, 5.41) is 3.81. The lowest BCUT2D eigenvalue weighted by Gasteiger charge is -2.59. The van der Waals surface area contributed by atoms with Gasteiger partial charge in [0.2, 0.25) is 0 Å². The average Bonchev–Trinajstić information content (AvgIpc) is 3.30. The van der Waals surface area contributed by atoms with Crippen LogP contribution in [0.25, 0.3) is 0 Å². The van der Waals surface area contributed by atoms with Crippen molar-refractivity contribution >= 4 is 17.6 Å². The van der Waals surface area contributed by atoms with Crippen molar-refractivity contribution in [2.75, 3.05) is 46.3 Å². The van der Waals surface area contributed by atoms with Gasteiger partial charge in [0, 0.05) is 24.8 Å². The van der Waals surface area contributed by atoms with Gasteiger partial charge in [-0.3, -0.25) is 4.90 Å². The Kier molecular flexibility index (Phi) is 8.80. The Bertz CT molecular complexity index is 1310. The van der Waals surface area contributed by atoms with Crippen molar-refractivity contribution in [3.8, 4) is 5.75 Å². The van der Waals surface area contributed by atoms with Crippen LogP contribution in [0.1, 0.15) is 44.2 Å². The lowest BCUT2D eigenvalue weighted by atomic mass is 9.63. The number of piperidine rings is 2. The fourth-order valence-corrected chi connectivity index (χ4v) is 7.47. The van der Waals surface area contributed by atoms with Gasteiger partial charge in [-0.2, -0.15) is 0 Å². The smallest absolute Gasteiger partial charge is 0.337 e. The molecule has 9 nitrogen and oxygen atoms in total. The van der Waals surface area contributed by atoms with Gasteiger partial charge in [-0.1, -0.05) is 49.7 Å². The molecule has 9 heteroatoms. The van der Waals surface area contributed by atoms with E-state index in [2.05, 4.69) is 24.1 Å². The number of fused-ring (bicyclic) bond motifs is 5. The summed E-state index contributed by atoms with van der Waals surface area (Å²) in [7, 11) is 4.61. The van der Waals surface area contributed by atoms with Crippen molar-refractivity contribution < 1.29 is 33.3 Å². The van der Waals surface area contributed by atoms with Gasteiger partial charge in [0.15, 0.2) is 0 Å². The standard InChI is InChI=1S/C33H42N2O7/c1-6-23-18-35-16-15-33(42-21-29(36)41-19-22-11-8-7-9-12-22)30-26(13-10-14-27(30)39-4)34-32(33,2)28(35)17-24(23)25(20-38-3)31(37)40-5/h7-14,20,23-24,28,34H,6,15-19,21H2,1-5H3/b25-20+/t23-,24+,28+,32-,33+/m1/s1. The SMILES string of the molecule is CC[C@@H]1CN2CC[C@]3(OCC(=O)OCc4ccccc4)c4c(cccc4OC)N[C@]3(C)[C@@H]2C[C@@H]1/C(=C\OC)C(=O)OC. The summed E-state index contributed by atoms with van der Waals surface area (Å²) in [6.45, 7) is 5.90. The molecule has 2 saturated heterocycles. The second-order valence-electron chi connectivity index (χ2n) is 11.5.